The summed E-state index contributed by atoms with van der Waals surface area (Å²) in [6.07, 6.45) is 6.63. The van der Waals surface area contributed by atoms with E-state index in [0.29, 0.717) is 0 Å². The van der Waals surface area contributed by atoms with Gasteiger partial charge in [-0.25, -0.2) is 4.79 Å². The number of carbonyl (C=O) groups excluding carboxylic acids is 1. The number of benzene rings is 3. The Labute approximate surface area is 169 Å². The molecule has 144 valence electrons. The van der Waals surface area contributed by atoms with Crippen LogP contribution in [0.2, 0.25) is 0 Å². The number of carboxylic acids is 1. The van der Waals surface area contributed by atoms with Gasteiger partial charge in [0, 0.05) is 6.08 Å². The van der Waals surface area contributed by atoms with E-state index >= 15 is 0 Å². The number of aryl methyl sites for hydroxylation is 1. The van der Waals surface area contributed by atoms with Crippen molar-refractivity contribution >= 4 is 23.6 Å². The number of rotatable bonds is 5. The van der Waals surface area contributed by atoms with Crippen molar-refractivity contribution in [3.05, 3.63) is 95.1 Å². The average molecular weight is 383 g/mol. The van der Waals surface area contributed by atoms with Gasteiger partial charge in [0.2, 0.25) is 5.91 Å². The average Bonchev–Trinajstić information content (AvgIpc) is 3.22. The van der Waals surface area contributed by atoms with Crippen molar-refractivity contribution in [1.82, 2.24) is 0 Å². The molecule has 0 fully saturated rings. The van der Waals surface area contributed by atoms with Gasteiger partial charge in [0.1, 0.15) is 0 Å². The van der Waals surface area contributed by atoms with E-state index < -0.39 is 5.97 Å². The van der Waals surface area contributed by atoms with Crippen molar-refractivity contribution < 1.29 is 14.7 Å². The molecule has 0 saturated carbocycles. The van der Waals surface area contributed by atoms with Crippen molar-refractivity contribution in [2.75, 3.05) is 5.32 Å². The summed E-state index contributed by atoms with van der Waals surface area (Å²) in [6.45, 7) is 0. The number of para-hydroxylation sites is 1. The highest BCUT2D eigenvalue weighted by Gasteiger charge is 2.15. The Morgan fingerprint density at radius 3 is 2.48 bits per heavy atom. The maximum Gasteiger partial charge on any atom is 0.337 e. The standard InChI is InChI=1S/C25H21NO3/c27-24(26-23-10-2-1-7-22(23)25(28)29)16-13-17-11-14-19(15-12-17)21-9-4-6-18-5-3-8-20(18)21/h1-2,4,6-7,9-16H,3,5,8H2,(H,26,27)(H,28,29)/b16-13+. The molecule has 4 heteroatoms. The van der Waals surface area contributed by atoms with Gasteiger partial charge in [-0.1, -0.05) is 54.6 Å². The zero-order chi connectivity index (χ0) is 20.2. The Morgan fingerprint density at radius 1 is 0.897 bits per heavy atom. The molecule has 3 aromatic carbocycles. The number of amides is 1. The zero-order valence-electron chi connectivity index (χ0n) is 15.9. The molecule has 0 bridgehead atoms. The first-order chi connectivity index (χ1) is 14.1. The number of nitrogens with one attached hydrogen (secondary N) is 1. The molecule has 0 heterocycles. The lowest BCUT2D eigenvalue weighted by molar-refractivity contribution is -0.111. The summed E-state index contributed by atoms with van der Waals surface area (Å²) in [6, 6.07) is 21.0. The lowest BCUT2D eigenvalue weighted by atomic mass is 9.96. The molecular formula is C25H21NO3. The molecule has 1 aliphatic carbocycles. The van der Waals surface area contributed by atoms with Crippen LogP contribution in [-0.2, 0) is 17.6 Å². The number of fused-ring (bicyclic) bond motifs is 1. The molecule has 0 aliphatic heterocycles. The number of hydrogen-bond acceptors (Lipinski definition) is 2. The molecule has 1 amide bonds. The minimum Gasteiger partial charge on any atom is -0.478 e. The fourth-order valence-electron chi connectivity index (χ4n) is 3.79. The molecule has 4 rings (SSSR count). The zero-order valence-corrected chi connectivity index (χ0v) is 15.9. The third-order valence-corrected chi connectivity index (χ3v) is 5.21. The highest BCUT2D eigenvalue weighted by atomic mass is 16.4. The van der Waals surface area contributed by atoms with Gasteiger partial charge in [-0.15, -0.1) is 0 Å². The number of carboxylic acid groups (broad SMARTS) is 1. The van der Waals surface area contributed by atoms with Crippen LogP contribution in [0.15, 0.2) is 72.8 Å². The predicted octanol–water partition coefficient (Wildman–Crippen LogP) is 5.19. The van der Waals surface area contributed by atoms with Crippen molar-refractivity contribution in [3.63, 3.8) is 0 Å². The molecule has 2 N–H and O–H groups in total. The van der Waals surface area contributed by atoms with Gasteiger partial charge in [-0.2, -0.15) is 0 Å². The Hall–Kier alpha value is -3.66. The fourth-order valence-corrected chi connectivity index (χ4v) is 3.79. The van der Waals surface area contributed by atoms with Gasteiger partial charge in [0.25, 0.3) is 0 Å². The molecule has 3 aromatic rings. The van der Waals surface area contributed by atoms with E-state index in [1.165, 1.54) is 40.8 Å². The molecule has 29 heavy (non-hydrogen) atoms. The normalized spacial score (nSPS) is 12.7. The molecule has 1 aliphatic rings. The summed E-state index contributed by atoms with van der Waals surface area (Å²) < 4.78 is 0. The van der Waals surface area contributed by atoms with Crippen molar-refractivity contribution in [2.45, 2.75) is 19.3 Å². The van der Waals surface area contributed by atoms with Gasteiger partial charge < -0.3 is 10.4 Å². The number of hydrogen-bond donors (Lipinski definition) is 2. The maximum absolute atomic E-state index is 12.2. The van der Waals surface area contributed by atoms with Crippen LogP contribution in [0.4, 0.5) is 5.69 Å². The molecule has 0 aromatic heterocycles. The SMILES string of the molecule is O=C(/C=C/c1ccc(-c2cccc3c2CCC3)cc1)Nc1ccccc1C(=O)O. The van der Waals surface area contributed by atoms with Crippen LogP contribution < -0.4 is 5.32 Å². The Balaban J connectivity index is 1.47. The number of anilines is 1. The van der Waals surface area contributed by atoms with Gasteiger partial charge in [-0.05, 0) is 65.3 Å². The summed E-state index contributed by atoms with van der Waals surface area (Å²) >= 11 is 0. The summed E-state index contributed by atoms with van der Waals surface area (Å²) in [5.74, 6) is -1.45. The van der Waals surface area contributed by atoms with E-state index in [1.807, 2.05) is 12.1 Å². The second kappa shape index (κ2) is 8.15. The lowest BCUT2D eigenvalue weighted by Gasteiger charge is -2.09. The molecular weight excluding hydrogens is 362 g/mol. The van der Waals surface area contributed by atoms with E-state index in [0.717, 1.165) is 18.4 Å². The number of aromatic carboxylic acids is 1. The summed E-state index contributed by atoms with van der Waals surface area (Å²) in [4.78, 5) is 23.4. The quantitative estimate of drug-likeness (QED) is 0.596. The van der Waals surface area contributed by atoms with Crippen LogP contribution in [0.3, 0.4) is 0 Å². The van der Waals surface area contributed by atoms with Crippen molar-refractivity contribution in [3.8, 4) is 11.1 Å². The van der Waals surface area contributed by atoms with Gasteiger partial charge in [0.15, 0.2) is 0 Å². The monoisotopic (exact) mass is 383 g/mol. The first-order valence-electron chi connectivity index (χ1n) is 9.64. The summed E-state index contributed by atoms with van der Waals surface area (Å²) in [5, 5.41) is 11.8. The lowest BCUT2D eigenvalue weighted by Crippen LogP contribution is -2.11. The summed E-state index contributed by atoms with van der Waals surface area (Å²) in [5.41, 5.74) is 6.62. The van der Waals surface area contributed by atoms with E-state index in [2.05, 4.69) is 35.6 Å². The Kier molecular flexibility index (Phi) is 5.25. The minimum absolute atomic E-state index is 0.0639. The van der Waals surface area contributed by atoms with Crippen LogP contribution in [0.1, 0.15) is 33.5 Å². The highest BCUT2D eigenvalue weighted by Crippen LogP contribution is 2.32. The van der Waals surface area contributed by atoms with Crippen LogP contribution in [-0.4, -0.2) is 17.0 Å². The molecule has 0 saturated heterocycles. The molecule has 0 unspecified atom stereocenters. The molecule has 0 spiro atoms. The van der Waals surface area contributed by atoms with Gasteiger partial charge in [-0.3, -0.25) is 4.79 Å². The van der Waals surface area contributed by atoms with Gasteiger partial charge in [0.05, 0.1) is 11.3 Å². The largest absolute Gasteiger partial charge is 0.478 e. The fraction of sp³-hybridized carbons (Fsp3) is 0.120. The second-order valence-electron chi connectivity index (χ2n) is 7.09. The van der Waals surface area contributed by atoms with E-state index in [1.54, 1.807) is 24.3 Å². The van der Waals surface area contributed by atoms with E-state index in [9.17, 15) is 14.7 Å². The molecule has 0 atom stereocenters. The minimum atomic E-state index is -1.08. The number of carbonyl (C=O) groups is 2. The maximum atomic E-state index is 12.2. The van der Waals surface area contributed by atoms with Crippen LogP contribution in [0.25, 0.3) is 17.2 Å². The van der Waals surface area contributed by atoms with Gasteiger partial charge >= 0.3 is 5.97 Å². The molecule has 4 nitrogen and oxygen atoms in total. The van der Waals surface area contributed by atoms with Crippen molar-refractivity contribution in [2.24, 2.45) is 0 Å². The first-order valence-corrected chi connectivity index (χ1v) is 9.64. The van der Waals surface area contributed by atoms with Crippen LogP contribution in [0.5, 0.6) is 0 Å². The highest BCUT2D eigenvalue weighted by molar-refractivity contribution is 6.06. The predicted molar refractivity (Wildman–Crippen MR) is 115 cm³/mol. The second-order valence-corrected chi connectivity index (χ2v) is 7.09. The third kappa shape index (κ3) is 4.11. The third-order valence-electron chi connectivity index (χ3n) is 5.21. The van der Waals surface area contributed by atoms with Crippen molar-refractivity contribution in [1.29, 1.82) is 0 Å². The molecule has 0 radical (unpaired) electrons. The summed E-state index contributed by atoms with van der Waals surface area (Å²) in [7, 11) is 0. The van der Waals surface area contributed by atoms with E-state index in [-0.39, 0.29) is 17.2 Å². The first kappa shape index (κ1) is 18.7. The van der Waals surface area contributed by atoms with Crippen LogP contribution >= 0.6 is 0 Å². The smallest absolute Gasteiger partial charge is 0.337 e. The van der Waals surface area contributed by atoms with Crippen LogP contribution in [0, 0.1) is 0 Å². The Morgan fingerprint density at radius 2 is 1.69 bits per heavy atom. The Bertz CT molecular complexity index is 1100. The topological polar surface area (TPSA) is 66.4 Å². The van der Waals surface area contributed by atoms with E-state index in [4.69, 9.17) is 0 Å².